The zero-order chi connectivity index (χ0) is 22.6. The Kier molecular flexibility index (Phi) is 6.19. The Hall–Kier alpha value is -3.48. The van der Waals surface area contributed by atoms with Crippen molar-refractivity contribution < 1.29 is 0 Å². The van der Waals surface area contributed by atoms with E-state index in [1.165, 1.54) is 43.2 Å². The fourth-order valence-electron chi connectivity index (χ4n) is 5.40. The van der Waals surface area contributed by atoms with Crippen LogP contribution in [-0.2, 0) is 0 Å². The Labute approximate surface area is 192 Å². The number of anilines is 1. The summed E-state index contributed by atoms with van der Waals surface area (Å²) in [6.45, 7) is 0. The fourth-order valence-corrected chi connectivity index (χ4v) is 5.40. The zero-order valence-electron chi connectivity index (χ0n) is 18.7. The van der Waals surface area contributed by atoms with Crippen LogP contribution in [0.2, 0.25) is 0 Å². The first-order chi connectivity index (χ1) is 16.2. The van der Waals surface area contributed by atoms with Crippen LogP contribution < -0.4 is 11.3 Å². The summed E-state index contributed by atoms with van der Waals surface area (Å²) in [6, 6.07) is 16.2. The molecule has 170 valence electrons. The molecule has 0 amide bonds. The molecule has 1 fully saturated rings. The first kappa shape index (κ1) is 21.4. The average molecular weight is 443 g/mol. The predicted octanol–water partition coefficient (Wildman–Crippen LogP) is 4.90. The summed E-state index contributed by atoms with van der Waals surface area (Å²) in [4.78, 5) is 18.5. The smallest absolute Gasteiger partial charge is 0.247 e. The molecular formula is C26H30N6O. The standard InChI is InChI=1S/C26H30N6O/c27-23-15-22(25-26(29-23)31-32-30-25)21(19-6-2-1-3-7-19)8-4-5-17-9-11-18(12-10-17)20-13-14-24(33)28-16-20/h1-3,6-7,13-18,21H,4-5,8-12H2,(H,28,33)(H3,27,29,30,31,32). The van der Waals surface area contributed by atoms with Crippen LogP contribution in [-0.4, -0.2) is 25.4 Å². The third kappa shape index (κ3) is 4.82. The minimum Gasteiger partial charge on any atom is -0.384 e. The molecule has 4 aromatic rings. The van der Waals surface area contributed by atoms with Gasteiger partial charge in [0.2, 0.25) is 11.2 Å². The van der Waals surface area contributed by atoms with Gasteiger partial charge in [0.1, 0.15) is 11.3 Å². The molecule has 7 heteroatoms. The maximum atomic E-state index is 11.3. The van der Waals surface area contributed by atoms with Crippen LogP contribution in [0.3, 0.4) is 0 Å². The highest BCUT2D eigenvalue weighted by molar-refractivity contribution is 5.77. The van der Waals surface area contributed by atoms with E-state index in [0.717, 1.165) is 29.8 Å². The molecule has 4 N–H and O–H groups in total. The maximum Gasteiger partial charge on any atom is 0.247 e. The third-order valence-corrected chi connectivity index (χ3v) is 7.15. The van der Waals surface area contributed by atoms with Crippen LogP contribution in [0.4, 0.5) is 5.82 Å². The second-order valence-electron chi connectivity index (χ2n) is 9.23. The van der Waals surface area contributed by atoms with Crippen LogP contribution in [0.1, 0.15) is 73.5 Å². The molecule has 1 aromatic carbocycles. The van der Waals surface area contributed by atoms with Crippen molar-refractivity contribution in [3.05, 3.63) is 81.8 Å². The highest BCUT2D eigenvalue weighted by atomic mass is 16.1. The molecule has 1 aliphatic rings. The summed E-state index contributed by atoms with van der Waals surface area (Å²) in [5, 5.41) is 11.2. The summed E-state index contributed by atoms with van der Waals surface area (Å²) in [7, 11) is 0. The monoisotopic (exact) mass is 442 g/mol. The van der Waals surface area contributed by atoms with E-state index in [1.54, 1.807) is 6.07 Å². The molecule has 5 rings (SSSR count). The maximum absolute atomic E-state index is 11.3. The first-order valence-electron chi connectivity index (χ1n) is 11.9. The minimum atomic E-state index is -0.0285. The lowest BCUT2D eigenvalue weighted by molar-refractivity contribution is 0.301. The SMILES string of the molecule is Nc1cc(C(CCCC2CCC(c3ccc(=O)[nH]c3)CC2)c2ccccc2)c2n[nH]nc2n1. The number of rotatable bonds is 7. The summed E-state index contributed by atoms with van der Waals surface area (Å²) < 4.78 is 0. The van der Waals surface area contributed by atoms with Crippen molar-refractivity contribution >= 4 is 17.0 Å². The van der Waals surface area contributed by atoms with Gasteiger partial charge in [-0.25, -0.2) is 4.98 Å². The van der Waals surface area contributed by atoms with Gasteiger partial charge in [0.05, 0.1) is 0 Å². The van der Waals surface area contributed by atoms with Crippen molar-refractivity contribution in [3.8, 4) is 0 Å². The van der Waals surface area contributed by atoms with Gasteiger partial charge < -0.3 is 10.7 Å². The number of nitrogens with one attached hydrogen (secondary N) is 2. The molecule has 1 atom stereocenters. The Balaban J connectivity index is 1.25. The van der Waals surface area contributed by atoms with Crippen molar-refractivity contribution in [1.29, 1.82) is 0 Å². The number of nitrogen functional groups attached to an aromatic ring is 1. The number of benzene rings is 1. The van der Waals surface area contributed by atoms with Gasteiger partial charge in [-0.2, -0.15) is 10.3 Å². The highest BCUT2D eigenvalue weighted by Crippen LogP contribution is 2.39. The van der Waals surface area contributed by atoms with Crippen molar-refractivity contribution in [3.63, 3.8) is 0 Å². The summed E-state index contributed by atoms with van der Waals surface area (Å²) >= 11 is 0. The molecule has 3 aromatic heterocycles. The van der Waals surface area contributed by atoms with Gasteiger partial charge >= 0.3 is 0 Å². The Morgan fingerprint density at radius 3 is 2.61 bits per heavy atom. The number of aromatic amines is 2. The average Bonchev–Trinajstić information content (AvgIpc) is 3.31. The number of nitrogens with two attached hydrogens (primary N) is 1. The van der Waals surface area contributed by atoms with Gasteiger partial charge in [-0.3, -0.25) is 4.79 Å². The van der Waals surface area contributed by atoms with E-state index in [-0.39, 0.29) is 11.5 Å². The van der Waals surface area contributed by atoms with Crippen molar-refractivity contribution in [1.82, 2.24) is 25.4 Å². The van der Waals surface area contributed by atoms with Crippen LogP contribution in [0, 0.1) is 5.92 Å². The molecule has 3 heterocycles. The summed E-state index contributed by atoms with van der Waals surface area (Å²) in [6.07, 6.45) is 10.2. The Morgan fingerprint density at radius 2 is 1.85 bits per heavy atom. The largest absolute Gasteiger partial charge is 0.384 e. The van der Waals surface area contributed by atoms with E-state index in [1.807, 2.05) is 24.4 Å². The van der Waals surface area contributed by atoms with E-state index in [0.29, 0.717) is 17.4 Å². The van der Waals surface area contributed by atoms with E-state index >= 15 is 0 Å². The number of nitrogens with zero attached hydrogens (tertiary/aromatic N) is 3. The molecular weight excluding hydrogens is 412 g/mol. The zero-order valence-corrected chi connectivity index (χ0v) is 18.7. The minimum absolute atomic E-state index is 0.0285. The van der Waals surface area contributed by atoms with Gasteiger partial charge in [-0.05, 0) is 66.7 Å². The quantitative estimate of drug-likeness (QED) is 0.377. The second kappa shape index (κ2) is 9.57. The molecule has 1 saturated carbocycles. The van der Waals surface area contributed by atoms with Gasteiger partial charge in [-0.15, -0.1) is 5.10 Å². The van der Waals surface area contributed by atoms with Crippen molar-refractivity contribution in [2.75, 3.05) is 5.73 Å². The molecule has 1 aliphatic carbocycles. The fraction of sp³-hybridized carbons (Fsp3) is 0.385. The second-order valence-corrected chi connectivity index (χ2v) is 9.23. The van der Waals surface area contributed by atoms with Crippen LogP contribution in [0.25, 0.3) is 11.2 Å². The lowest BCUT2D eigenvalue weighted by Crippen LogP contribution is -2.15. The lowest BCUT2D eigenvalue weighted by atomic mass is 9.76. The first-order valence-corrected chi connectivity index (χ1v) is 11.9. The highest BCUT2D eigenvalue weighted by Gasteiger charge is 2.24. The van der Waals surface area contributed by atoms with Gasteiger partial charge in [0, 0.05) is 18.2 Å². The lowest BCUT2D eigenvalue weighted by Gasteiger charge is -2.29. The topological polar surface area (TPSA) is 113 Å². The number of pyridine rings is 2. The summed E-state index contributed by atoms with van der Waals surface area (Å²) in [5.74, 6) is 2.01. The Bertz CT molecular complexity index is 1240. The van der Waals surface area contributed by atoms with Crippen LogP contribution in [0.15, 0.2) is 59.5 Å². The van der Waals surface area contributed by atoms with Gasteiger partial charge in [0.15, 0.2) is 0 Å². The molecule has 7 nitrogen and oxygen atoms in total. The van der Waals surface area contributed by atoms with Gasteiger partial charge in [-0.1, -0.05) is 49.2 Å². The molecule has 0 aliphatic heterocycles. The molecule has 33 heavy (non-hydrogen) atoms. The number of aromatic nitrogens is 5. The summed E-state index contributed by atoms with van der Waals surface area (Å²) in [5.41, 5.74) is 11.1. The number of hydrogen-bond acceptors (Lipinski definition) is 5. The molecule has 0 saturated heterocycles. The van der Waals surface area contributed by atoms with Crippen molar-refractivity contribution in [2.45, 2.75) is 56.8 Å². The normalized spacial score (nSPS) is 19.5. The molecule has 0 bridgehead atoms. The van der Waals surface area contributed by atoms with Crippen LogP contribution >= 0.6 is 0 Å². The molecule has 1 unspecified atom stereocenters. The molecule has 0 spiro atoms. The predicted molar refractivity (Wildman–Crippen MR) is 130 cm³/mol. The van der Waals surface area contributed by atoms with E-state index < -0.39 is 0 Å². The van der Waals surface area contributed by atoms with Crippen LogP contribution in [0.5, 0.6) is 0 Å². The number of fused-ring (bicyclic) bond motifs is 1. The van der Waals surface area contributed by atoms with E-state index in [2.05, 4.69) is 49.6 Å². The third-order valence-electron chi connectivity index (χ3n) is 7.15. The molecule has 0 radical (unpaired) electrons. The van der Waals surface area contributed by atoms with Gasteiger partial charge in [0.25, 0.3) is 0 Å². The van der Waals surface area contributed by atoms with E-state index in [4.69, 9.17) is 5.73 Å². The number of H-pyrrole nitrogens is 2. The number of hydrogen-bond donors (Lipinski definition) is 3. The van der Waals surface area contributed by atoms with Crippen molar-refractivity contribution in [2.24, 2.45) is 5.92 Å². The Morgan fingerprint density at radius 1 is 1.03 bits per heavy atom. The van der Waals surface area contributed by atoms with E-state index in [9.17, 15) is 4.79 Å².